The lowest BCUT2D eigenvalue weighted by Gasteiger charge is -2.05. The largest absolute Gasteiger partial charge is 0.481 e. The monoisotopic (exact) mass is 197 g/mol. The highest BCUT2D eigenvalue weighted by Crippen LogP contribution is 2.12. The van der Waals surface area contributed by atoms with Crippen molar-refractivity contribution in [2.75, 3.05) is 14.2 Å². The van der Waals surface area contributed by atoms with Crippen molar-refractivity contribution >= 4 is 6.08 Å². The Morgan fingerprint density at radius 3 is 2.64 bits per heavy atom. The molecule has 0 unspecified atom stereocenters. The highest BCUT2D eigenvalue weighted by atomic mass is 16.7. The van der Waals surface area contributed by atoms with Gasteiger partial charge in [0.05, 0.1) is 14.2 Å². The molecule has 76 valence electrons. The van der Waals surface area contributed by atoms with Gasteiger partial charge in [0.15, 0.2) is 0 Å². The summed E-state index contributed by atoms with van der Waals surface area (Å²) in [5, 5.41) is 7.11. The second-order valence-electron chi connectivity index (χ2n) is 2.43. The van der Waals surface area contributed by atoms with E-state index in [4.69, 9.17) is 14.9 Å². The lowest BCUT2D eigenvalue weighted by atomic mass is 10.4. The molecule has 1 rings (SSSR count). The fourth-order valence-electron chi connectivity index (χ4n) is 0.788. The second-order valence-corrected chi connectivity index (χ2v) is 2.43. The van der Waals surface area contributed by atoms with E-state index >= 15 is 0 Å². The summed E-state index contributed by atoms with van der Waals surface area (Å²) < 4.78 is 14.3. The van der Waals surface area contributed by atoms with Crippen molar-refractivity contribution in [3.05, 3.63) is 11.8 Å². The SMILES string of the molecule is COC(=N)Oc1nc(C)cc(OC)n1. The predicted octanol–water partition coefficient (Wildman–Crippen LogP) is 0.754. The highest BCUT2D eigenvalue weighted by molar-refractivity contribution is 5.64. The summed E-state index contributed by atoms with van der Waals surface area (Å²) in [7, 11) is 2.82. The van der Waals surface area contributed by atoms with E-state index in [1.165, 1.54) is 14.2 Å². The third-order valence-corrected chi connectivity index (χ3v) is 1.39. The molecular weight excluding hydrogens is 186 g/mol. The lowest BCUT2D eigenvalue weighted by Crippen LogP contribution is -2.11. The third kappa shape index (κ3) is 2.58. The molecule has 0 aliphatic rings. The maximum Gasteiger partial charge on any atom is 0.388 e. The maximum atomic E-state index is 7.11. The summed E-state index contributed by atoms with van der Waals surface area (Å²) >= 11 is 0. The van der Waals surface area contributed by atoms with Gasteiger partial charge in [-0.05, 0) is 6.92 Å². The normalized spacial score (nSPS) is 9.36. The standard InChI is InChI=1S/C8H11N3O3/c1-5-4-6(12-2)11-8(10-5)14-7(9)13-3/h4,9H,1-3H3. The van der Waals surface area contributed by atoms with E-state index in [1.807, 2.05) is 0 Å². The van der Waals surface area contributed by atoms with Gasteiger partial charge in [0, 0.05) is 11.8 Å². The number of hydrogen-bond acceptors (Lipinski definition) is 6. The van der Waals surface area contributed by atoms with Gasteiger partial charge in [0.1, 0.15) is 0 Å². The first-order valence-electron chi connectivity index (χ1n) is 3.85. The van der Waals surface area contributed by atoms with Gasteiger partial charge in [-0.2, -0.15) is 9.97 Å². The molecule has 1 N–H and O–H groups in total. The molecule has 1 aromatic heterocycles. The molecular formula is C8H11N3O3. The summed E-state index contributed by atoms with van der Waals surface area (Å²) in [6, 6.07) is 1.69. The van der Waals surface area contributed by atoms with Crippen LogP contribution in [0.15, 0.2) is 6.07 Å². The van der Waals surface area contributed by atoms with Crippen molar-refractivity contribution < 1.29 is 14.2 Å². The molecule has 0 fully saturated rings. The van der Waals surface area contributed by atoms with Crippen LogP contribution in [0.1, 0.15) is 5.69 Å². The van der Waals surface area contributed by atoms with E-state index in [0.29, 0.717) is 11.6 Å². The van der Waals surface area contributed by atoms with Crippen LogP contribution in [0.5, 0.6) is 11.9 Å². The van der Waals surface area contributed by atoms with Crippen LogP contribution in [-0.2, 0) is 4.74 Å². The van der Waals surface area contributed by atoms with Gasteiger partial charge in [-0.3, -0.25) is 0 Å². The van der Waals surface area contributed by atoms with Gasteiger partial charge in [-0.1, -0.05) is 0 Å². The van der Waals surface area contributed by atoms with Crippen molar-refractivity contribution in [1.29, 1.82) is 5.41 Å². The molecule has 0 atom stereocenters. The van der Waals surface area contributed by atoms with E-state index in [2.05, 4.69) is 14.7 Å². The molecule has 0 aliphatic heterocycles. The molecule has 14 heavy (non-hydrogen) atoms. The number of hydrogen-bond donors (Lipinski definition) is 1. The number of ether oxygens (including phenoxy) is 3. The molecule has 6 nitrogen and oxygen atoms in total. The van der Waals surface area contributed by atoms with Crippen LogP contribution in [0.3, 0.4) is 0 Å². The molecule has 1 aromatic rings. The molecule has 0 radical (unpaired) electrons. The number of rotatable bonds is 2. The molecule has 0 saturated heterocycles. The molecule has 0 amide bonds. The molecule has 0 aromatic carbocycles. The van der Waals surface area contributed by atoms with E-state index < -0.39 is 0 Å². The number of methoxy groups -OCH3 is 2. The summed E-state index contributed by atoms with van der Waals surface area (Å²) in [5.74, 6) is 0.386. The van der Waals surface area contributed by atoms with Gasteiger partial charge in [-0.25, -0.2) is 5.41 Å². The molecule has 6 heteroatoms. The molecule has 0 aliphatic carbocycles. The number of aromatic nitrogens is 2. The van der Waals surface area contributed by atoms with Gasteiger partial charge >= 0.3 is 12.1 Å². The summed E-state index contributed by atoms with van der Waals surface area (Å²) in [6.07, 6.45) is -0.363. The Bertz CT molecular complexity index is 341. The van der Waals surface area contributed by atoms with Crippen LogP contribution in [-0.4, -0.2) is 30.3 Å². The molecule has 0 spiro atoms. The minimum Gasteiger partial charge on any atom is -0.481 e. The van der Waals surface area contributed by atoms with Crippen molar-refractivity contribution in [2.45, 2.75) is 6.92 Å². The Morgan fingerprint density at radius 2 is 2.07 bits per heavy atom. The van der Waals surface area contributed by atoms with Crippen LogP contribution < -0.4 is 9.47 Å². The van der Waals surface area contributed by atoms with Gasteiger partial charge in [-0.15, -0.1) is 0 Å². The smallest absolute Gasteiger partial charge is 0.388 e. The molecule has 0 bridgehead atoms. The van der Waals surface area contributed by atoms with E-state index in [9.17, 15) is 0 Å². The van der Waals surface area contributed by atoms with Crippen LogP contribution in [0.2, 0.25) is 0 Å². The minimum absolute atomic E-state index is 0.0358. The van der Waals surface area contributed by atoms with Gasteiger partial charge < -0.3 is 14.2 Å². The van der Waals surface area contributed by atoms with Crippen molar-refractivity contribution in [1.82, 2.24) is 9.97 Å². The Balaban J connectivity index is 2.86. The first-order valence-corrected chi connectivity index (χ1v) is 3.85. The fourth-order valence-corrected chi connectivity index (χ4v) is 0.788. The first-order chi connectivity index (χ1) is 6.65. The minimum atomic E-state index is -0.363. The maximum absolute atomic E-state index is 7.11. The Morgan fingerprint density at radius 1 is 1.36 bits per heavy atom. The second kappa shape index (κ2) is 4.40. The number of nitrogens with one attached hydrogen (secondary N) is 1. The Labute approximate surface area is 81.4 Å². The summed E-state index contributed by atoms with van der Waals surface area (Å²) in [5.41, 5.74) is 0.691. The van der Waals surface area contributed by atoms with Crippen molar-refractivity contribution in [3.8, 4) is 11.9 Å². The van der Waals surface area contributed by atoms with E-state index in [0.717, 1.165) is 0 Å². The van der Waals surface area contributed by atoms with Crippen LogP contribution in [0.25, 0.3) is 0 Å². The topological polar surface area (TPSA) is 77.3 Å². The van der Waals surface area contributed by atoms with Crippen molar-refractivity contribution in [3.63, 3.8) is 0 Å². The van der Waals surface area contributed by atoms with Gasteiger partial charge in [0.2, 0.25) is 5.88 Å². The van der Waals surface area contributed by atoms with Crippen LogP contribution in [0.4, 0.5) is 0 Å². The summed E-state index contributed by atoms with van der Waals surface area (Å²) in [4.78, 5) is 7.80. The Hall–Kier alpha value is -1.85. The number of nitrogens with zero attached hydrogens (tertiary/aromatic N) is 2. The van der Waals surface area contributed by atoms with Crippen LogP contribution >= 0.6 is 0 Å². The average Bonchev–Trinajstić information content (AvgIpc) is 2.16. The van der Waals surface area contributed by atoms with Crippen LogP contribution in [0, 0.1) is 12.3 Å². The zero-order valence-electron chi connectivity index (χ0n) is 8.20. The quantitative estimate of drug-likeness (QED) is 0.559. The van der Waals surface area contributed by atoms with Crippen molar-refractivity contribution in [2.24, 2.45) is 0 Å². The highest BCUT2D eigenvalue weighted by Gasteiger charge is 2.06. The summed E-state index contributed by atoms with van der Waals surface area (Å²) in [6.45, 7) is 1.77. The predicted molar refractivity (Wildman–Crippen MR) is 48.7 cm³/mol. The average molecular weight is 197 g/mol. The Kier molecular flexibility index (Phi) is 3.22. The lowest BCUT2D eigenvalue weighted by molar-refractivity contribution is 0.281. The van der Waals surface area contributed by atoms with Gasteiger partial charge in [0.25, 0.3) is 0 Å². The zero-order chi connectivity index (χ0) is 10.6. The molecule has 0 saturated carbocycles. The van der Waals surface area contributed by atoms with E-state index in [1.54, 1.807) is 13.0 Å². The number of aryl methyl sites for hydroxylation is 1. The zero-order valence-corrected chi connectivity index (χ0v) is 8.20. The third-order valence-electron chi connectivity index (χ3n) is 1.39. The molecule has 1 heterocycles. The fraction of sp³-hybridized carbons (Fsp3) is 0.375. The first kappa shape index (κ1) is 10.2. The van der Waals surface area contributed by atoms with E-state index in [-0.39, 0.29) is 12.1 Å².